The van der Waals surface area contributed by atoms with Crippen molar-refractivity contribution in [3.63, 3.8) is 0 Å². The molecule has 1 unspecified atom stereocenters. The zero-order chi connectivity index (χ0) is 35.8. The summed E-state index contributed by atoms with van der Waals surface area (Å²) >= 11 is 0. The number of anilines is 1. The molecule has 6 rings (SSSR count). The van der Waals surface area contributed by atoms with Crippen molar-refractivity contribution in [2.24, 2.45) is 5.41 Å². The van der Waals surface area contributed by atoms with Crippen LogP contribution in [-0.4, -0.2) is 64.2 Å². The average molecular weight is 685 g/mol. The van der Waals surface area contributed by atoms with E-state index in [2.05, 4.69) is 46.7 Å². The number of nitrogens with zero attached hydrogens (tertiary/aromatic N) is 4. The molecule has 3 aliphatic rings. The maximum absolute atomic E-state index is 13.8. The molecule has 1 atom stereocenters. The Labute approximate surface area is 298 Å². The van der Waals surface area contributed by atoms with Gasteiger partial charge in [-0.15, -0.1) is 0 Å². The summed E-state index contributed by atoms with van der Waals surface area (Å²) in [6, 6.07) is 11.9. The molecule has 0 amide bonds. The highest BCUT2D eigenvalue weighted by Crippen LogP contribution is 2.46. The van der Waals surface area contributed by atoms with Crippen LogP contribution in [0.4, 0.5) is 10.1 Å². The minimum absolute atomic E-state index is 0.191. The molecular formula is C42H57FN4O3. The van der Waals surface area contributed by atoms with Gasteiger partial charge in [0.1, 0.15) is 5.82 Å². The first-order valence-corrected chi connectivity index (χ1v) is 18.7. The van der Waals surface area contributed by atoms with Crippen LogP contribution in [0.1, 0.15) is 112 Å². The molecule has 2 aromatic carbocycles. The Morgan fingerprint density at radius 2 is 1.66 bits per heavy atom. The number of likely N-dealkylation sites (tertiary alicyclic amines) is 1. The number of aryl methyl sites for hydroxylation is 2. The second-order valence-electron chi connectivity index (χ2n) is 16.7. The van der Waals surface area contributed by atoms with Crippen LogP contribution in [-0.2, 0) is 35.6 Å². The van der Waals surface area contributed by atoms with Gasteiger partial charge in [-0.05, 0) is 125 Å². The van der Waals surface area contributed by atoms with Gasteiger partial charge >= 0.3 is 5.97 Å². The fourth-order valence-corrected chi connectivity index (χ4v) is 8.05. The van der Waals surface area contributed by atoms with Crippen molar-refractivity contribution in [3.8, 4) is 11.1 Å². The Morgan fingerprint density at radius 1 is 0.940 bits per heavy atom. The minimum Gasteiger partial charge on any atom is -0.479 e. The summed E-state index contributed by atoms with van der Waals surface area (Å²) in [5.41, 5.74) is 9.94. The van der Waals surface area contributed by atoms with E-state index in [1.165, 1.54) is 30.4 Å². The largest absolute Gasteiger partial charge is 0.479 e. The van der Waals surface area contributed by atoms with Crippen molar-refractivity contribution in [1.29, 1.82) is 0 Å². The number of hydrogen-bond acceptors (Lipinski definition) is 6. The molecule has 2 fully saturated rings. The van der Waals surface area contributed by atoms with E-state index in [1.54, 1.807) is 12.1 Å². The lowest BCUT2D eigenvalue weighted by molar-refractivity contribution is -0.160. The molecule has 1 N–H and O–H groups in total. The first-order chi connectivity index (χ1) is 23.7. The summed E-state index contributed by atoms with van der Waals surface area (Å²) in [6.45, 7) is 21.5. The predicted molar refractivity (Wildman–Crippen MR) is 199 cm³/mol. The van der Waals surface area contributed by atoms with E-state index in [4.69, 9.17) is 9.72 Å². The molecule has 0 spiro atoms. The fourth-order valence-electron chi connectivity index (χ4n) is 8.05. The number of carboxylic acid groups (broad SMARTS) is 1. The number of aliphatic carboxylic acids is 1. The fraction of sp³-hybridized carbons (Fsp3) is 0.571. The highest BCUT2D eigenvalue weighted by molar-refractivity contribution is 5.88. The SMILES string of the molecule is Cc1cc(F)ccc1CN1CCc2cc(-c3c(CN4CCCCC4)nc(C)c(C(OC(C)(C)C)C(=O)O)c3N3CCC(C)(C)CC3)ccc2C1. The van der Waals surface area contributed by atoms with E-state index in [1.807, 2.05) is 40.7 Å². The monoisotopic (exact) mass is 684 g/mol. The van der Waals surface area contributed by atoms with Gasteiger partial charge in [-0.2, -0.15) is 0 Å². The zero-order valence-corrected chi connectivity index (χ0v) is 31.4. The highest BCUT2D eigenvalue weighted by Gasteiger charge is 2.37. The third kappa shape index (κ3) is 8.41. The van der Waals surface area contributed by atoms with Crippen molar-refractivity contribution >= 4 is 11.7 Å². The lowest BCUT2D eigenvalue weighted by atomic mass is 9.81. The minimum atomic E-state index is -1.14. The van der Waals surface area contributed by atoms with Gasteiger partial charge in [-0.25, -0.2) is 9.18 Å². The quantitative estimate of drug-likeness (QED) is 0.242. The van der Waals surface area contributed by atoms with Crippen molar-refractivity contribution in [2.75, 3.05) is 37.6 Å². The van der Waals surface area contributed by atoms with Crippen molar-refractivity contribution < 1.29 is 19.0 Å². The first kappa shape index (κ1) is 36.5. The topological polar surface area (TPSA) is 69.1 Å². The third-order valence-electron chi connectivity index (χ3n) is 11.0. The van der Waals surface area contributed by atoms with Crippen molar-refractivity contribution in [2.45, 2.75) is 118 Å². The Morgan fingerprint density at radius 3 is 2.32 bits per heavy atom. The highest BCUT2D eigenvalue weighted by atomic mass is 19.1. The number of carboxylic acids is 1. The van der Waals surface area contributed by atoms with E-state index in [0.29, 0.717) is 5.56 Å². The molecule has 270 valence electrons. The molecule has 3 aliphatic heterocycles. The average Bonchev–Trinajstić information content (AvgIpc) is 3.05. The van der Waals surface area contributed by atoms with Crippen LogP contribution in [0.5, 0.6) is 0 Å². The Hall–Kier alpha value is -3.33. The maximum Gasteiger partial charge on any atom is 0.337 e. The van der Waals surface area contributed by atoms with Crippen molar-refractivity contribution in [1.82, 2.24) is 14.8 Å². The first-order valence-electron chi connectivity index (χ1n) is 18.7. The van der Waals surface area contributed by atoms with E-state index in [9.17, 15) is 14.3 Å². The van der Waals surface area contributed by atoms with Crippen LogP contribution >= 0.6 is 0 Å². The molecule has 4 heterocycles. The van der Waals surface area contributed by atoms with E-state index in [0.717, 1.165) is 111 Å². The van der Waals surface area contributed by atoms with Gasteiger partial charge in [0.2, 0.25) is 0 Å². The van der Waals surface area contributed by atoms with E-state index < -0.39 is 17.7 Å². The number of pyridine rings is 1. The molecule has 8 heteroatoms. The molecule has 7 nitrogen and oxygen atoms in total. The Balaban J connectivity index is 1.46. The van der Waals surface area contributed by atoms with Crippen LogP contribution in [0.2, 0.25) is 0 Å². The number of halogens is 1. The number of hydrogen-bond donors (Lipinski definition) is 1. The second-order valence-corrected chi connectivity index (χ2v) is 16.7. The summed E-state index contributed by atoms with van der Waals surface area (Å²) in [5, 5.41) is 10.7. The lowest BCUT2D eigenvalue weighted by Gasteiger charge is -2.41. The second kappa shape index (κ2) is 14.7. The molecule has 0 radical (unpaired) electrons. The summed E-state index contributed by atoms with van der Waals surface area (Å²) < 4.78 is 20.2. The molecule has 0 saturated carbocycles. The van der Waals surface area contributed by atoms with Gasteiger partial charge in [-0.1, -0.05) is 44.5 Å². The van der Waals surface area contributed by atoms with Crippen LogP contribution in [0.25, 0.3) is 11.1 Å². The van der Waals surface area contributed by atoms with Gasteiger partial charge in [0.05, 0.1) is 17.0 Å². The molecule has 3 aromatic rings. The number of rotatable bonds is 9. The number of ether oxygens (including phenoxy) is 1. The van der Waals surface area contributed by atoms with Crippen LogP contribution in [0, 0.1) is 25.1 Å². The number of carbonyl (C=O) groups is 1. The van der Waals surface area contributed by atoms with Gasteiger partial charge in [0, 0.05) is 56.1 Å². The maximum atomic E-state index is 13.8. The Kier molecular flexibility index (Phi) is 10.7. The molecular weight excluding hydrogens is 627 g/mol. The normalized spacial score (nSPS) is 19.3. The van der Waals surface area contributed by atoms with E-state index >= 15 is 0 Å². The lowest BCUT2D eigenvalue weighted by Crippen LogP contribution is -2.39. The van der Waals surface area contributed by atoms with Crippen molar-refractivity contribution in [3.05, 3.63) is 81.4 Å². The van der Waals surface area contributed by atoms with Gasteiger partial charge in [-0.3, -0.25) is 14.8 Å². The summed E-state index contributed by atoms with van der Waals surface area (Å²) in [5.74, 6) is -1.18. The number of aromatic nitrogens is 1. The molecule has 0 aliphatic carbocycles. The number of piperidine rings is 2. The van der Waals surface area contributed by atoms with Gasteiger partial charge in [0.25, 0.3) is 0 Å². The molecule has 1 aromatic heterocycles. The molecule has 50 heavy (non-hydrogen) atoms. The number of benzene rings is 2. The smallest absolute Gasteiger partial charge is 0.337 e. The Bertz CT molecular complexity index is 1700. The predicted octanol–water partition coefficient (Wildman–Crippen LogP) is 8.62. The van der Waals surface area contributed by atoms with Crippen LogP contribution in [0.3, 0.4) is 0 Å². The third-order valence-corrected chi connectivity index (χ3v) is 11.0. The summed E-state index contributed by atoms with van der Waals surface area (Å²) in [7, 11) is 0. The van der Waals surface area contributed by atoms with Crippen LogP contribution in [0.15, 0.2) is 36.4 Å². The molecule has 0 bridgehead atoms. The van der Waals surface area contributed by atoms with Crippen LogP contribution < -0.4 is 4.90 Å². The zero-order valence-electron chi connectivity index (χ0n) is 31.4. The summed E-state index contributed by atoms with van der Waals surface area (Å²) in [6.07, 6.45) is 5.46. The standard InChI is InChI=1S/C42H57FN4O3/c1-28-23-34(43)14-13-32(28)25-46-20-15-30-24-31(11-12-33(30)26-46)37-35(27-45-18-9-8-10-19-45)44-29(2)36(39(40(48)49)50-41(3,4)5)38(37)47-21-16-42(6,7)17-22-47/h11-14,23-24,39H,8-10,15-22,25-27H2,1-7H3,(H,48,49). The van der Waals surface area contributed by atoms with E-state index in [-0.39, 0.29) is 11.2 Å². The molecule has 2 saturated heterocycles. The summed E-state index contributed by atoms with van der Waals surface area (Å²) in [4.78, 5) is 25.8. The van der Waals surface area contributed by atoms with Gasteiger partial charge < -0.3 is 14.7 Å². The number of fused-ring (bicyclic) bond motifs is 1. The van der Waals surface area contributed by atoms with Gasteiger partial charge in [0.15, 0.2) is 6.10 Å².